The van der Waals surface area contributed by atoms with E-state index in [4.69, 9.17) is 14.6 Å². The zero-order valence-electron chi connectivity index (χ0n) is 9.15. The molecule has 1 rings (SSSR count). The summed E-state index contributed by atoms with van der Waals surface area (Å²) in [5.74, 6) is 0.902. The van der Waals surface area contributed by atoms with E-state index in [0.717, 1.165) is 5.56 Å². The van der Waals surface area contributed by atoms with Crippen LogP contribution in [-0.4, -0.2) is 31.0 Å². The Balaban J connectivity index is 3.22. The van der Waals surface area contributed by atoms with E-state index in [1.807, 2.05) is 6.92 Å². The number of aromatic hydroxyl groups is 1. The predicted molar refractivity (Wildman–Crippen MR) is 56.7 cm³/mol. The minimum absolute atomic E-state index is 0.0181. The van der Waals surface area contributed by atoms with E-state index in [1.165, 1.54) is 20.3 Å². The zero-order chi connectivity index (χ0) is 11.4. The van der Waals surface area contributed by atoms with Crippen molar-refractivity contribution in [3.05, 3.63) is 17.7 Å². The molecule has 0 bridgehead atoms. The number of aliphatic hydroxyl groups excluding tert-OH is 1. The molecule has 0 fully saturated rings. The summed E-state index contributed by atoms with van der Waals surface area (Å²) in [5.41, 5.74) is 0.814. The van der Waals surface area contributed by atoms with E-state index in [0.29, 0.717) is 11.5 Å². The van der Waals surface area contributed by atoms with Crippen molar-refractivity contribution in [2.24, 2.45) is 0 Å². The van der Waals surface area contributed by atoms with Crippen LogP contribution in [0.2, 0.25) is 0 Å². The lowest BCUT2D eigenvalue weighted by Crippen LogP contribution is -2.02. The molecular weight excluding hydrogens is 196 g/mol. The van der Waals surface area contributed by atoms with Crippen molar-refractivity contribution >= 4 is 0 Å². The first-order valence-electron chi connectivity index (χ1n) is 4.69. The van der Waals surface area contributed by atoms with Crippen molar-refractivity contribution in [1.82, 2.24) is 0 Å². The average Bonchev–Trinajstić information content (AvgIpc) is 2.27. The van der Waals surface area contributed by atoms with Gasteiger partial charge in [0.25, 0.3) is 0 Å². The molecule has 1 aromatic carbocycles. The van der Waals surface area contributed by atoms with Gasteiger partial charge in [-0.1, -0.05) is 6.92 Å². The minimum Gasteiger partial charge on any atom is -0.504 e. The summed E-state index contributed by atoms with van der Waals surface area (Å²) in [7, 11) is 3.00. The molecule has 4 nitrogen and oxygen atoms in total. The summed E-state index contributed by atoms with van der Waals surface area (Å²) in [6.45, 7) is 1.89. The smallest absolute Gasteiger partial charge is 0.161 e. The van der Waals surface area contributed by atoms with Gasteiger partial charge in [0.05, 0.1) is 14.2 Å². The van der Waals surface area contributed by atoms with Gasteiger partial charge in [0.15, 0.2) is 11.5 Å². The van der Waals surface area contributed by atoms with E-state index < -0.39 is 0 Å². The fourth-order valence-corrected chi connectivity index (χ4v) is 1.39. The average molecular weight is 212 g/mol. The van der Waals surface area contributed by atoms with E-state index >= 15 is 0 Å². The zero-order valence-corrected chi connectivity index (χ0v) is 9.15. The molecule has 0 heterocycles. The Morgan fingerprint density at radius 2 is 1.80 bits per heavy atom. The summed E-state index contributed by atoms with van der Waals surface area (Å²) < 4.78 is 10.1. The molecule has 0 saturated carbocycles. The Bertz CT molecular complexity index is 336. The first-order valence-corrected chi connectivity index (χ1v) is 4.69. The molecular formula is C11H16O4. The van der Waals surface area contributed by atoms with Crippen molar-refractivity contribution in [2.75, 3.05) is 20.8 Å². The number of hydrogen-bond donors (Lipinski definition) is 2. The minimum atomic E-state index is -0.0607. The van der Waals surface area contributed by atoms with Crippen LogP contribution in [-0.2, 0) is 0 Å². The second-order valence-corrected chi connectivity index (χ2v) is 3.35. The second-order valence-electron chi connectivity index (χ2n) is 3.35. The molecule has 0 aliphatic rings. The molecule has 0 saturated heterocycles. The van der Waals surface area contributed by atoms with E-state index in [9.17, 15) is 5.11 Å². The van der Waals surface area contributed by atoms with E-state index in [-0.39, 0.29) is 18.3 Å². The predicted octanol–water partition coefficient (Wildman–Crippen LogP) is 1.51. The number of aliphatic hydroxyl groups is 1. The highest BCUT2D eigenvalue weighted by molar-refractivity contribution is 5.51. The molecule has 4 heteroatoms. The van der Waals surface area contributed by atoms with Gasteiger partial charge in [-0.25, -0.2) is 0 Å². The molecule has 0 amide bonds. The molecule has 0 aromatic heterocycles. The van der Waals surface area contributed by atoms with Crippen molar-refractivity contribution in [3.63, 3.8) is 0 Å². The van der Waals surface area contributed by atoms with Crippen LogP contribution in [0.25, 0.3) is 0 Å². The SMILES string of the molecule is COc1cc(C(C)CO)c(OC)cc1O. The molecule has 15 heavy (non-hydrogen) atoms. The van der Waals surface area contributed by atoms with Crippen LogP contribution in [0.4, 0.5) is 0 Å². The lowest BCUT2D eigenvalue weighted by atomic mass is 10.0. The molecule has 0 aliphatic heterocycles. The second kappa shape index (κ2) is 4.89. The Hall–Kier alpha value is -1.42. The normalized spacial score (nSPS) is 12.3. The number of phenolic OH excluding ortho intramolecular Hbond substituents is 1. The Morgan fingerprint density at radius 1 is 1.20 bits per heavy atom. The first-order chi connectivity index (χ1) is 7.13. The van der Waals surface area contributed by atoms with Crippen LogP contribution in [0.5, 0.6) is 17.2 Å². The van der Waals surface area contributed by atoms with Gasteiger partial charge in [-0.05, 0) is 6.07 Å². The largest absolute Gasteiger partial charge is 0.504 e. The number of rotatable bonds is 4. The fourth-order valence-electron chi connectivity index (χ4n) is 1.39. The van der Waals surface area contributed by atoms with Crippen molar-refractivity contribution in [2.45, 2.75) is 12.8 Å². The summed E-state index contributed by atoms with van der Waals surface area (Å²) in [5, 5.41) is 18.6. The summed E-state index contributed by atoms with van der Waals surface area (Å²) in [6, 6.07) is 3.16. The number of benzene rings is 1. The van der Waals surface area contributed by atoms with Crippen LogP contribution in [0.1, 0.15) is 18.4 Å². The van der Waals surface area contributed by atoms with Gasteiger partial charge in [-0.2, -0.15) is 0 Å². The Morgan fingerprint density at radius 3 is 2.27 bits per heavy atom. The highest BCUT2D eigenvalue weighted by Gasteiger charge is 2.15. The maximum atomic E-state index is 9.53. The van der Waals surface area contributed by atoms with Crippen molar-refractivity contribution in [3.8, 4) is 17.2 Å². The van der Waals surface area contributed by atoms with Crippen LogP contribution >= 0.6 is 0 Å². The topological polar surface area (TPSA) is 58.9 Å². The third kappa shape index (κ3) is 2.33. The number of ether oxygens (including phenoxy) is 2. The summed E-state index contributed by atoms with van der Waals surface area (Å²) in [6.07, 6.45) is 0. The highest BCUT2D eigenvalue weighted by atomic mass is 16.5. The lowest BCUT2D eigenvalue weighted by molar-refractivity contribution is 0.269. The third-order valence-electron chi connectivity index (χ3n) is 2.34. The number of phenols is 1. The van der Waals surface area contributed by atoms with Gasteiger partial charge >= 0.3 is 0 Å². The van der Waals surface area contributed by atoms with E-state index in [2.05, 4.69) is 0 Å². The molecule has 0 spiro atoms. The quantitative estimate of drug-likeness (QED) is 0.794. The maximum absolute atomic E-state index is 9.53. The summed E-state index contributed by atoms with van der Waals surface area (Å²) in [4.78, 5) is 0. The van der Waals surface area contributed by atoms with Gasteiger partial charge in [-0.15, -0.1) is 0 Å². The Kier molecular flexibility index (Phi) is 3.80. The molecule has 0 radical (unpaired) electrons. The number of hydrogen-bond acceptors (Lipinski definition) is 4. The molecule has 84 valence electrons. The number of methoxy groups -OCH3 is 2. The van der Waals surface area contributed by atoms with Crippen molar-refractivity contribution < 1.29 is 19.7 Å². The van der Waals surface area contributed by atoms with Crippen LogP contribution in [0.3, 0.4) is 0 Å². The van der Waals surface area contributed by atoms with Gasteiger partial charge in [0.1, 0.15) is 5.75 Å². The molecule has 1 unspecified atom stereocenters. The van der Waals surface area contributed by atoms with Crippen molar-refractivity contribution in [1.29, 1.82) is 0 Å². The Labute approximate surface area is 89.1 Å². The molecule has 0 aliphatic carbocycles. The first kappa shape index (κ1) is 11.7. The lowest BCUT2D eigenvalue weighted by Gasteiger charge is -2.15. The monoisotopic (exact) mass is 212 g/mol. The highest BCUT2D eigenvalue weighted by Crippen LogP contribution is 2.37. The third-order valence-corrected chi connectivity index (χ3v) is 2.34. The molecule has 1 atom stereocenters. The maximum Gasteiger partial charge on any atom is 0.161 e. The van der Waals surface area contributed by atoms with Gasteiger partial charge in [0.2, 0.25) is 0 Å². The molecule has 2 N–H and O–H groups in total. The van der Waals surface area contributed by atoms with Crippen LogP contribution < -0.4 is 9.47 Å². The standard InChI is InChI=1S/C11H16O4/c1-7(6-12)8-4-11(15-3)9(13)5-10(8)14-2/h4-5,7,12-13H,6H2,1-3H3. The van der Waals surface area contributed by atoms with Gasteiger partial charge in [0, 0.05) is 24.2 Å². The van der Waals surface area contributed by atoms with Gasteiger partial charge < -0.3 is 19.7 Å². The van der Waals surface area contributed by atoms with E-state index in [1.54, 1.807) is 6.07 Å². The summed E-state index contributed by atoms with van der Waals surface area (Å²) >= 11 is 0. The van der Waals surface area contributed by atoms with Crippen LogP contribution in [0, 0.1) is 0 Å². The van der Waals surface area contributed by atoms with Gasteiger partial charge in [-0.3, -0.25) is 0 Å². The van der Waals surface area contributed by atoms with Crippen LogP contribution in [0.15, 0.2) is 12.1 Å². The molecule has 1 aromatic rings. The fraction of sp³-hybridized carbons (Fsp3) is 0.455.